The molecule has 0 saturated carbocycles. The molecule has 9 heavy (non-hydrogen) atoms. The van der Waals surface area contributed by atoms with Crippen molar-refractivity contribution in [2.24, 2.45) is 0 Å². The molecule has 0 aliphatic heterocycles. The first-order valence-electron chi connectivity index (χ1n) is 2.67. The van der Waals surface area contributed by atoms with Crippen LogP contribution in [0.5, 0.6) is 0 Å². The Morgan fingerprint density at radius 3 is 3.33 bits per heavy atom. The van der Waals surface area contributed by atoms with Gasteiger partial charge in [-0.3, -0.25) is 0 Å². The molecule has 0 atom stereocenters. The molecule has 0 bridgehead atoms. The van der Waals surface area contributed by atoms with Crippen LogP contribution in [0.3, 0.4) is 0 Å². The zero-order valence-electron chi connectivity index (χ0n) is 4.92. The van der Waals surface area contributed by atoms with Crippen LogP contribution in [-0.2, 0) is 0 Å². The number of aromatic nitrogens is 1. The Morgan fingerprint density at radius 1 is 1.67 bits per heavy atom. The van der Waals surface area contributed by atoms with Gasteiger partial charge in [0, 0.05) is 0 Å². The van der Waals surface area contributed by atoms with Crippen LogP contribution in [0.15, 0.2) is 11.0 Å². The van der Waals surface area contributed by atoms with E-state index in [9.17, 15) is 0 Å². The number of aryl methyl sites for hydroxylation is 1. The summed E-state index contributed by atoms with van der Waals surface area (Å²) in [6.07, 6.45) is 0. The Bertz CT molecular complexity index is 294. The first-order valence-corrected chi connectivity index (χ1v) is 5.33. The van der Waals surface area contributed by atoms with Crippen LogP contribution >= 0.6 is 11.3 Å². The molecule has 0 aliphatic rings. The second-order valence-electron chi connectivity index (χ2n) is 1.82. The average molecular weight is 202 g/mol. The van der Waals surface area contributed by atoms with Crippen LogP contribution in [0.25, 0.3) is 9.09 Å². The second kappa shape index (κ2) is 1.94. The van der Waals surface area contributed by atoms with E-state index in [1.54, 1.807) is 11.3 Å². The third-order valence-electron chi connectivity index (χ3n) is 1.13. The van der Waals surface area contributed by atoms with Gasteiger partial charge in [0.05, 0.1) is 0 Å². The van der Waals surface area contributed by atoms with Gasteiger partial charge in [0.2, 0.25) is 0 Å². The first kappa shape index (κ1) is 5.66. The van der Waals surface area contributed by atoms with E-state index in [1.807, 2.05) is 0 Å². The molecule has 0 fully saturated rings. The topological polar surface area (TPSA) is 12.9 Å². The molecule has 2 rings (SSSR count). The van der Waals surface area contributed by atoms with Gasteiger partial charge in [0.25, 0.3) is 0 Å². The summed E-state index contributed by atoms with van der Waals surface area (Å²) in [6, 6.07) is 2.18. The molecule has 2 aromatic heterocycles. The van der Waals surface area contributed by atoms with Crippen molar-refractivity contribution in [2.45, 2.75) is 6.92 Å². The van der Waals surface area contributed by atoms with Crippen LogP contribution in [0.2, 0.25) is 0 Å². The molecule has 2 heterocycles. The molecule has 0 amide bonds. The molecular formula is C6H5NSSe. The van der Waals surface area contributed by atoms with Crippen LogP contribution in [0, 0.1) is 6.92 Å². The molecule has 0 N–H and O–H groups in total. The van der Waals surface area contributed by atoms with Crippen molar-refractivity contribution in [1.29, 1.82) is 0 Å². The van der Waals surface area contributed by atoms with E-state index in [-0.39, 0.29) is 0 Å². The minimum absolute atomic E-state index is 0.542. The van der Waals surface area contributed by atoms with Gasteiger partial charge < -0.3 is 0 Å². The summed E-state index contributed by atoms with van der Waals surface area (Å²) >= 11 is 2.34. The fourth-order valence-corrected chi connectivity index (χ4v) is 3.82. The maximum absolute atomic E-state index is 4.38. The van der Waals surface area contributed by atoms with Gasteiger partial charge in [0.15, 0.2) is 0 Å². The summed E-state index contributed by atoms with van der Waals surface area (Å²) in [4.78, 5) is 6.60. The van der Waals surface area contributed by atoms with Crippen LogP contribution in [0.1, 0.15) is 5.01 Å². The van der Waals surface area contributed by atoms with Crippen molar-refractivity contribution in [3.63, 3.8) is 0 Å². The number of thiazole rings is 1. The predicted octanol–water partition coefficient (Wildman–Crippen LogP) is 1.66. The predicted molar refractivity (Wildman–Crippen MR) is 41.3 cm³/mol. The van der Waals surface area contributed by atoms with E-state index in [4.69, 9.17) is 0 Å². The summed E-state index contributed by atoms with van der Waals surface area (Å²) in [5, 5.41) is 1.20. The fraction of sp³-hybridized carbons (Fsp3) is 0.167. The van der Waals surface area contributed by atoms with E-state index in [0.29, 0.717) is 14.5 Å². The van der Waals surface area contributed by atoms with Gasteiger partial charge in [-0.1, -0.05) is 0 Å². The quantitative estimate of drug-likeness (QED) is 0.592. The Balaban J connectivity index is 2.92. The van der Waals surface area contributed by atoms with Crippen molar-refractivity contribution in [2.75, 3.05) is 0 Å². The van der Waals surface area contributed by atoms with Gasteiger partial charge in [-0.05, 0) is 0 Å². The third-order valence-corrected chi connectivity index (χ3v) is 4.05. The minimum atomic E-state index is 0.542. The van der Waals surface area contributed by atoms with Crippen molar-refractivity contribution in [3.8, 4) is 0 Å². The third kappa shape index (κ3) is 0.855. The van der Waals surface area contributed by atoms with Gasteiger partial charge in [-0.2, -0.15) is 0 Å². The maximum atomic E-state index is 4.38. The molecule has 3 heteroatoms. The van der Waals surface area contributed by atoms with Gasteiger partial charge in [-0.25, -0.2) is 0 Å². The second-order valence-corrected chi connectivity index (χ2v) is 4.93. The van der Waals surface area contributed by atoms with Gasteiger partial charge in [0.1, 0.15) is 0 Å². The fourth-order valence-electron chi connectivity index (χ4n) is 0.774. The molecule has 0 unspecified atom stereocenters. The Morgan fingerprint density at radius 2 is 2.56 bits per heavy atom. The van der Waals surface area contributed by atoms with E-state index in [0.717, 1.165) is 0 Å². The zero-order chi connectivity index (χ0) is 6.27. The summed E-state index contributed by atoms with van der Waals surface area (Å²) in [5.74, 6) is 0. The molecule has 0 spiro atoms. The molecule has 0 saturated heterocycles. The summed E-state index contributed by atoms with van der Waals surface area (Å²) in [6.45, 7) is 2.06. The summed E-state index contributed by atoms with van der Waals surface area (Å²) in [7, 11) is 0. The standard InChI is InChI=1S/C6H5NSSe/c1-4-7-6-5(8-4)2-3-9-6/h2-3H,1H3. The van der Waals surface area contributed by atoms with Crippen molar-refractivity contribution in [1.82, 2.24) is 4.98 Å². The van der Waals surface area contributed by atoms with E-state index < -0.39 is 0 Å². The molecule has 0 radical (unpaired) electrons. The van der Waals surface area contributed by atoms with Crippen molar-refractivity contribution in [3.05, 3.63) is 16.0 Å². The molecule has 2 aromatic rings. The van der Waals surface area contributed by atoms with Crippen molar-refractivity contribution < 1.29 is 0 Å². The molecule has 0 aromatic carbocycles. The van der Waals surface area contributed by atoms with E-state index in [1.165, 1.54) is 14.1 Å². The number of hydrogen-bond acceptors (Lipinski definition) is 2. The number of hydrogen-bond donors (Lipinski definition) is 0. The molecule has 1 nitrogen and oxygen atoms in total. The Kier molecular flexibility index (Phi) is 1.22. The van der Waals surface area contributed by atoms with Gasteiger partial charge >= 0.3 is 62.9 Å². The van der Waals surface area contributed by atoms with Gasteiger partial charge in [-0.15, -0.1) is 0 Å². The Labute approximate surface area is 63.1 Å². The monoisotopic (exact) mass is 203 g/mol. The summed E-state index contributed by atoms with van der Waals surface area (Å²) < 4.78 is 2.71. The SMILES string of the molecule is Cc1nc2[se]ccc2s1. The molecule has 46 valence electrons. The number of rotatable bonds is 0. The zero-order valence-corrected chi connectivity index (χ0v) is 7.45. The number of nitrogens with zero attached hydrogens (tertiary/aromatic N) is 1. The van der Waals surface area contributed by atoms with Crippen LogP contribution in [0.4, 0.5) is 0 Å². The van der Waals surface area contributed by atoms with E-state index in [2.05, 4.69) is 22.9 Å². The number of fused-ring (bicyclic) bond motifs is 1. The van der Waals surface area contributed by atoms with E-state index >= 15 is 0 Å². The van der Waals surface area contributed by atoms with Crippen molar-refractivity contribution >= 4 is 34.9 Å². The Hall–Kier alpha value is -0.111. The summed E-state index contributed by atoms with van der Waals surface area (Å²) in [5.41, 5.74) is 0. The molecular weight excluding hydrogens is 197 g/mol. The normalized spacial score (nSPS) is 10.8. The first-order chi connectivity index (χ1) is 4.36. The van der Waals surface area contributed by atoms with Crippen LogP contribution in [-0.4, -0.2) is 19.5 Å². The molecule has 0 aliphatic carbocycles. The average Bonchev–Trinajstić information content (AvgIpc) is 2.22. The van der Waals surface area contributed by atoms with Crippen LogP contribution < -0.4 is 0 Å².